The number of pyridine rings is 1. The van der Waals surface area contributed by atoms with E-state index in [0.717, 1.165) is 21.5 Å². The van der Waals surface area contributed by atoms with Gasteiger partial charge in [0.15, 0.2) is 11.5 Å². The highest BCUT2D eigenvalue weighted by Crippen LogP contribution is 2.36. The van der Waals surface area contributed by atoms with Gasteiger partial charge in [0.1, 0.15) is 6.61 Å². The summed E-state index contributed by atoms with van der Waals surface area (Å²) in [5, 5.41) is 13.4. The van der Waals surface area contributed by atoms with Crippen molar-refractivity contribution in [2.45, 2.75) is 6.10 Å². The number of hydrogen-bond donors (Lipinski definition) is 1. The van der Waals surface area contributed by atoms with E-state index in [2.05, 4.69) is 15.5 Å². The van der Waals surface area contributed by atoms with Crippen LogP contribution in [-0.2, 0) is 0 Å². The van der Waals surface area contributed by atoms with Gasteiger partial charge >= 0.3 is 6.01 Å². The van der Waals surface area contributed by atoms with Gasteiger partial charge in [-0.1, -0.05) is 41.5 Å². The molecule has 1 amide bonds. The largest absolute Gasteiger partial charge is 0.485 e. The molecule has 0 spiro atoms. The Hall–Kier alpha value is -4.24. The van der Waals surface area contributed by atoms with E-state index in [4.69, 9.17) is 18.9 Å². The Kier molecular flexibility index (Phi) is 4.73. The van der Waals surface area contributed by atoms with Gasteiger partial charge in [-0.15, -0.1) is 16.4 Å². The number of hydrogen-bond acceptors (Lipinski definition) is 8. The van der Waals surface area contributed by atoms with Crippen molar-refractivity contribution in [1.29, 1.82) is 0 Å². The molecule has 0 bridgehead atoms. The second kappa shape index (κ2) is 8.03. The summed E-state index contributed by atoms with van der Waals surface area (Å²) in [5.41, 5.74) is 1.92. The Morgan fingerprint density at radius 2 is 1.85 bits per heavy atom. The highest BCUT2D eigenvalue weighted by atomic mass is 32.1. The smallest absolute Gasteiger partial charge is 0.322 e. The van der Waals surface area contributed by atoms with Gasteiger partial charge in [-0.05, 0) is 35.7 Å². The maximum atomic E-state index is 13.2. The fourth-order valence-electron chi connectivity index (χ4n) is 3.63. The molecule has 162 valence electrons. The lowest BCUT2D eigenvalue weighted by molar-refractivity contribution is 0.0716. The van der Waals surface area contributed by atoms with E-state index in [0.29, 0.717) is 17.1 Å². The van der Waals surface area contributed by atoms with Crippen molar-refractivity contribution in [3.8, 4) is 22.1 Å². The van der Waals surface area contributed by atoms with Gasteiger partial charge in [-0.3, -0.25) is 10.1 Å². The minimum absolute atomic E-state index is 0.0176. The standard InChI is InChI=1S/C24H16N4O4S/c29-22(15-12-17(21-10-5-11-33-21)25-16-7-2-1-6-14(15)16)26-24-28-27-23(32-24)20-13-30-18-8-3-4-9-19(18)31-20/h1-12,20H,13H2,(H,26,28,29). The molecule has 3 aromatic heterocycles. The quantitative estimate of drug-likeness (QED) is 0.401. The highest BCUT2D eigenvalue weighted by molar-refractivity contribution is 7.13. The number of ether oxygens (including phenoxy) is 2. The van der Waals surface area contributed by atoms with Gasteiger partial charge in [0, 0.05) is 5.39 Å². The molecule has 1 aliphatic rings. The van der Waals surface area contributed by atoms with E-state index in [9.17, 15) is 4.79 Å². The number of para-hydroxylation sites is 3. The van der Waals surface area contributed by atoms with E-state index in [1.54, 1.807) is 23.5 Å². The van der Waals surface area contributed by atoms with Crippen LogP contribution in [0.25, 0.3) is 21.5 Å². The molecule has 1 atom stereocenters. The molecule has 0 radical (unpaired) electrons. The van der Waals surface area contributed by atoms with Crippen molar-refractivity contribution in [2.24, 2.45) is 0 Å². The Balaban J connectivity index is 1.27. The van der Waals surface area contributed by atoms with Crippen molar-refractivity contribution in [3.05, 3.63) is 83.6 Å². The number of carbonyl (C=O) groups excluding carboxylic acids is 1. The lowest BCUT2D eigenvalue weighted by atomic mass is 10.1. The third-order valence-corrected chi connectivity index (χ3v) is 6.07. The van der Waals surface area contributed by atoms with Crippen molar-refractivity contribution < 1.29 is 18.7 Å². The molecule has 5 aromatic rings. The van der Waals surface area contributed by atoms with Crippen LogP contribution >= 0.6 is 11.3 Å². The van der Waals surface area contributed by atoms with Crippen molar-refractivity contribution in [3.63, 3.8) is 0 Å². The van der Waals surface area contributed by atoms with Gasteiger partial charge in [-0.2, -0.15) is 0 Å². The number of thiophene rings is 1. The molecule has 1 unspecified atom stereocenters. The third-order valence-electron chi connectivity index (χ3n) is 5.18. The molecule has 33 heavy (non-hydrogen) atoms. The number of nitrogens with one attached hydrogen (secondary N) is 1. The summed E-state index contributed by atoms with van der Waals surface area (Å²) < 4.78 is 17.3. The number of fused-ring (bicyclic) bond motifs is 2. The van der Waals surface area contributed by atoms with Gasteiger partial charge in [-0.25, -0.2) is 4.98 Å². The monoisotopic (exact) mass is 456 g/mol. The molecule has 4 heterocycles. The Labute approximate surface area is 191 Å². The molecule has 0 aliphatic carbocycles. The zero-order valence-electron chi connectivity index (χ0n) is 17.1. The van der Waals surface area contributed by atoms with Crippen molar-refractivity contribution in [1.82, 2.24) is 15.2 Å². The predicted octanol–water partition coefficient (Wildman–Crippen LogP) is 5.11. The van der Waals surface area contributed by atoms with Crippen LogP contribution < -0.4 is 14.8 Å². The summed E-state index contributed by atoms with van der Waals surface area (Å²) in [4.78, 5) is 18.9. The van der Waals surface area contributed by atoms with Gasteiger partial charge in [0.2, 0.25) is 6.10 Å². The summed E-state index contributed by atoms with van der Waals surface area (Å²) in [6, 6.07) is 20.5. The molecule has 6 rings (SSSR count). The van der Waals surface area contributed by atoms with E-state index >= 15 is 0 Å². The van der Waals surface area contributed by atoms with Crippen LogP contribution in [0.2, 0.25) is 0 Å². The zero-order valence-corrected chi connectivity index (χ0v) is 17.9. The Morgan fingerprint density at radius 3 is 2.73 bits per heavy atom. The molecule has 0 saturated heterocycles. The maximum absolute atomic E-state index is 13.2. The first-order valence-corrected chi connectivity index (χ1v) is 11.1. The van der Waals surface area contributed by atoms with Crippen LogP contribution in [0.15, 0.2) is 76.5 Å². The Morgan fingerprint density at radius 1 is 1.00 bits per heavy atom. The van der Waals surface area contributed by atoms with Crippen molar-refractivity contribution >= 4 is 34.2 Å². The zero-order chi connectivity index (χ0) is 22.2. The molecule has 2 aromatic carbocycles. The molecular weight excluding hydrogens is 440 g/mol. The minimum atomic E-state index is -0.565. The fourth-order valence-corrected chi connectivity index (χ4v) is 4.32. The summed E-state index contributed by atoms with van der Waals surface area (Å²) in [6.45, 7) is 0.228. The second-order valence-electron chi connectivity index (χ2n) is 7.31. The van der Waals surface area contributed by atoms with Crippen LogP contribution in [0.3, 0.4) is 0 Å². The van der Waals surface area contributed by atoms with E-state index in [1.807, 2.05) is 60.0 Å². The molecule has 1 aliphatic heterocycles. The first-order valence-electron chi connectivity index (χ1n) is 10.2. The number of aromatic nitrogens is 3. The van der Waals surface area contributed by atoms with Crippen LogP contribution in [-0.4, -0.2) is 27.7 Å². The second-order valence-corrected chi connectivity index (χ2v) is 8.26. The SMILES string of the molecule is O=C(Nc1nnc(C2COc3ccccc3O2)o1)c1cc(-c2cccs2)nc2ccccc12. The summed E-state index contributed by atoms with van der Waals surface area (Å²) >= 11 is 1.56. The molecule has 1 N–H and O–H groups in total. The van der Waals surface area contributed by atoms with Crippen LogP contribution in [0.5, 0.6) is 11.5 Å². The maximum Gasteiger partial charge on any atom is 0.322 e. The van der Waals surface area contributed by atoms with E-state index < -0.39 is 6.10 Å². The molecular formula is C24H16N4O4S. The average Bonchev–Trinajstić information content (AvgIpc) is 3.56. The summed E-state index contributed by atoms with van der Waals surface area (Å²) in [5.74, 6) is 1.11. The van der Waals surface area contributed by atoms with Gasteiger partial charge in [0.25, 0.3) is 11.8 Å². The van der Waals surface area contributed by atoms with Gasteiger partial charge in [0.05, 0.1) is 21.7 Å². The van der Waals surface area contributed by atoms with E-state index in [-0.39, 0.29) is 24.4 Å². The topological polar surface area (TPSA) is 99.4 Å². The number of carbonyl (C=O) groups is 1. The normalized spacial score (nSPS) is 14.8. The highest BCUT2D eigenvalue weighted by Gasteiger charge is 2.28. The first-order chi connectivity index (χ1) is 16.2. The van der Waals surface area contributed by atoms with Crippen LogP contribution in [0, 0.1) is 0 Å². The number of rotatable bonds is 4. The summed E-state index contributed by atoms with van der Waals surface area (Å²) in [6.07, 6.45) is -0.565. The van der Waals surface area contributed by atoms with Crippen molar-refractivity contribution in [2.75, 3.05) is 11.9 Å². The Bertz CT molecular complexity index is 1460. The number of nitrogens with zero attached hydrogens (tertiary/aromatic N) is 3. The third kappa shape index (κ3) is 3.68. The van der Waals surface area contributed by atoms with Crippen LogP contribution in [0.4, 0.5) is 6.01 Å². The first kappa shape index (κ1) is 19.4. The van der Waals surface area contributed by atoms with E-state index in [1.165, 1.54) is 0 Å². The minimum Gasteiger partial charge on any atom is -0.485 e. The average molecular weight is 456 g/mol. The number of benzene rings is 2. The lowest BCUT2D eigenvalue weighted by Crippen LogP contribution is -2.21. The predicted molar refractivity (Wildman–Crippen MR) is 123 cm³/mol. The lowest BCUT2D eigenvalue weighted by Gasteiger charge is -2.23. The fraction of sp³-hybridized carbons (Fsp3) is 0.0833. The molecule has 0 saturated carbocycles. The number of amides is 1. The van der Waals surface area contributed by atoms with Crippen LogP contribution in [0.1, 0.15) is 22.4 Å². The number of anilines is 1. The molecule has 8 nitrogen and oxygen atoms in total. The molecule has 0 fully saturated rings. The van der Waals surface area contributed by atoms with Gasteiger partial charge < -0.3 is 13.9 Å². The molecule has 9 heteroatoms. The summed E-state index contributed by atoms with van der Waals surface area (Å²) in [7, 11) is 0.